The summed E-state index contributed by atoms with van der Waals surface area (Å²) in [5.41, 5.74) is 1.01. The average molecular weight is 339 g/mol. The lowest BCUT2D eigenvalue weighted by Gasteiger charge is -2.21. The molecule has 0 fully saturated rings. The van der Waals surface area contributed by atoms with Crippen LogP contribution in [0.2, 0.25) is 0 Å². The van der Waals surface area contributed by atoms with Crippen LogP contribution < -0.4 is 10.2 Å². The molecule has 1 atom stereocenters. The summed E-state index contributed by atoms with van der Waals surface area (Å²) >= 11 is 0. The lowest BCUT2D eigenvalue weighted by atomic mass is 10.1. The molecule has 0 saturated carbocycles. The Bertz CT molecular complexity index is 813. The van der Waals surface area contributed by atoms with E-state index in [1.54, 1.807) is 43.3 Å². The van der Waals surface area contributed by atoms with Gasteiger partial charge in [-0.1, -0.05) is 12.1 Å². The number of nitrogens with one attached hydrogen (secondary N) is 1. The zero-order valence-corrected chi connectivity index (χ0v) is 14.1. The second-order valence-corrected chi connectivity index (χ2v) is 5.86. The third-order valence-electron chi connectivity index (χ3n) is 3.90. The number of rotatable bonds is 4. The molecule has 8 nitrogen and oxygen atoms in total. The summed E-state index contributed by atoms with van der Waals surface area (Å²) in [6, 6.07) is 5.56. The number of anilines is 2. The Labute approximate surface area is 144 Å². The van der Waals surface area contributed by atoms with Crippen LogP contribution in [0.3, 0.4) is 0 Å². The van der Waals surface area contributed by atoms with Crippen molar-refractivity contribution >= 4 is 29.4 Å². The molecule has 1 aliphatic heterocycles. The van der Waals surface area contributed by atoms with E-state index in [1.165, 1.54) is 19.3 Å². The van der Waals surface area contributed by atoms with Gasteiger partial charge < -0.3 is 10.2 Å². The molecule has 1 unspecified atom stereocenters. The van der Waals surface area contributed by atoms with Crippen molar-refractivity contribution in [2.45, 2.75) is 13.0 Å². The minimum absolute atomic E-state index is 0.311. The van der Waals surface area contributed by atoms with Crippen molar-refractivity contribution in [3.05, 3.63) is 47.8 Å². The summed E-state index contributed by atoms with van der Waals surface area (Å²) in [7, 11) is 3.61. The molecule has 3 rings (SSSR count). The zero-order valence-electron chi connectivity index (χ0n) is 14.1. The molecule has 0 bridgehead atoms. The molecule has 3 amide bonds. The lowest BCUT2D eigenvalue weighted by Crippen LogP contribution is -2.45. The Morgan fingerprint density at radius 2 is 1.60 bits per heavy atom. The van der Waals surface area contributed by atoms with Gasteiger partial charge in [-0.15, -0.1) is 0 Å². The van der Waals surface area contributed by atoms with Gasteiger partial charge in [0.05, 0.1) is 29.2 Å². The first-order valence-corrected chi connectivity index (χ1v) is 7.67. The van der Waals surface area contributed by atoms with Crippen LogP contribution >= 0.6 is 0 Å². The van der Waals surface area contributed by atoms with Gasteiger partial charge in [-0.2, -0.15) is 0 Å². The minimum Gasteiger partial charge on any atom is -0.347 e. The Hall–Kier alpha value is -3.29. The van der Waals surface area contributed by atoms with Crippen LogP contribution in [0.4, 0.5) is 11.6 Å². The standard InChI is InChI=1S/C17H17N5O3/c1-10(14(23)20-11-8-18-17(19-9-11)21(2)3)22-15(24)12-6-4-5-7-13(12)16(22)25/h4-10H,1-3H3,(H,20,23). The van der Waals surface area contributed by atoms with Crippen molar-refractivity contribution in [2.75, 3.05) is 24.3 Å². The number of hydrogen-bond acceptors (Lipinski definition) is 6. The summed E-state index contributed by atoms with van der Waals surface area (Å²) in [5, 5.41) is 2.62. The quantitative estimate of drug-likeness (QED) is 0.840. The summed E-state index contributed by atoms with van der Waals surface area (Å²) in [5.74, 6) is -0.924. The first kappa shape index (κ1) is 16.6. The minimum atomic E-state index is -0.957. The number of carbonyl (C=O) groups is 3. The molecular weight excluding hydrogens is 322 g/mol. The maximum absolute atomic E-state index is 12.4. The fourth-order valence-electron chi connectivity index (χ4n) is 2.54. The highest BCUT2D eigenvalue weighted by molar-refractivity contribution is 6.23. The van der Waals surface area contributed by atoms with Gasteiger partial charge >= 0.3 is 0 Å². The molecule has 2 heterocycles. The number of nitrogens with zero attached hydrogens (tertiary/aromatic N) is 4. The molecule has 0 spiro atoms. The smallest absolute Gasteiger partial charge is 0.262 e. The Kier molecular flexibility index (Phi) is 4.18. The van der Waals surface area contributed by atoms with Gasteiger partial charge in [-0.05, 0) is 19.1 Å². The van der Waals surface area contributed by atoms with E-state index >= 15 is 0 Å². The maximum Gasteiger partial charge on any atom is 0.262 e. The van der Waals surface area contributed by atoms with E-state index in [1.807, 2.05) is 0 Å². The van der Waals surface area contributed by atoms with Crippen molar-refractivity contribution < 1.29 is 14.4 Å². The summed E-state index contributed by atoms with van der Waals surface area (Å²) < 4.78 is 0. The second-order valence-electron chi connectivity index (χ2n) is 5.86. The highest BCUT2D eigenvalue weighted by atomic mass is 16.2. The first-order chi connectivity index (χ1) is 11.9. The van der Waals surface area contributed by atoms with Crippen molar-refractivity contribution in [3.63, 3.8) is 0 Å². The van der Waals surface area contributed by atoms with Crippen LogP contribution in [0.5, 0.6) is 0 Å². The predicted octanol–water partition coefficient (Wildman–Crippen LogP) is 1.17. The van der Waals surface area contributed by atoms with Crippen LogP contribution in [0, 0.1) is 0 Å². The van der Waals surface area contributed by atoms with E-state index in [9.17, 15) is 14.4 Å². The van der Waals surface area contributed by atoms with Crippen molar-refractivity contribution in [1.82, 2.24) is 14.9 Å². The zero-order chi connectivity index (χ0) is 18.1. The third-order valence-corrected chi connectivity index (χ3v) is 3.90. The average Bonchev–Trinajstić information content (AvgIpc) is 2.86. The molecule has 0 radical (unpaired) electrons. The van der Waals surface area contributed by atoms with Crippen LogP contribution in [-0.4, -0.2) is 52.7 Å². The fraction of sp³-hybridized carbons (Fsp3) is 0.235. The number of carbonyl (C=O) groups excluding carboxylic acids is 3. The number of benzene rings is 1. The highest BCUT2D eigenvalue weighted by Gasteiger charge is 2.40. The summed E-state index contributed by atoms with van der Waals surface area (Å²) in [6.07, 6.45) is 2.94. The SMILES string of the molecule is CC(C(=O)Nc1cnc(N(C)C)nc1)N1C(=O)c2ccccc2C1=O. The van der Waals surface area contributed by atoms with Crippen LogP contribution in [-0.2, 0) is 4.79 Å². The van der Waals surface area contributed by atoms with Gasteiger partial charge in [0.25, 0.3) is 11.8 Å². The maximum atomic E-state index is 12.4. The highest BCUT2D eigenvalue weighted by Crippen LogP contribution is 2.24. The molecular formula is C17H17N5O3. The van der Waals surface area contributed by atoms with Gasteiger partial charge in [0.2, 0.25) is 11.9 Å². The predicted molar refractivity (Wildman–Crippen MR) is 91.4 cm³/mol. The van der Waals surface area contributed by atoms with Crippen molar-refractivity contribution in [3.8, 4) is 0 Å². The molecule has 1 N–H and O–H groups in total. The largest absolute Gasteiger partial charge is 0.347 e. The summed E-state index contributed by atoms with van der Waals surface area (Å²) in [4.78, 5) is 48.2. The Morgan fingerprint density at radius 1 is 1.08 bits per heavy atom. The van der Waals surface area contributed by atoms with Gasteiger partial charge in [0.1, 0.15) is 6.04 Å². The molecule has 1 aromatic carbocycles. The molecule has 8 heteroatoms. The Morgan fingerprint density at radius 3 is 2.08 bits per heavy atom. The van der Waals surface area contributed by atoms with E-state index in [4.69, 9.17) is 0 Å². The summed E-state index contributed by atoms with van der Waals surface area (Å²) in [6.45, 7) is 1.51. The molecule has 1 aromatic heterocycles. The van der Waals surface area contributed by atoms with E-state index in [-0.39, 0.29) is 0 Å². The third kappa shape index (κ3) is 2.93. The van der Waals surface area contributed by atoms with E-state index in [0.717, 1.165) is 4.90 Å². The second kappa shape index (κ2) is 6.31. The number of aromatic nitrogens is 2. The van der Waals surface area contributed by atoms with Crippen molar-refractivity contribution in [2.24, 2.45) is 0 Å². The molecule has 1 aliphatic rings. The van der Waals surface area contributed by atoms with E-state index in [0.29, 0.717) is 22.8 Å². The molecule has 0 aliphatic carbocycles. The van der Waals surface area contributed by atoms with Crippen LogP contribution in [0.15, 0.2) is 36.7 Å². The molecule has 128 valence electrons. The van der Waals surface area contributed by atoms with Gasteiger partial charge in [-0.3, -0.25) is 19.3 Å². The topological polar surface area (TPSA) is 95.5 Å². The number of fused-ring (bicyclic) bond motifs is 1. The van der Waals surface area contributed by atoms with Crippen LogP contribution in [0.1, 0.15) is 27.6 Å². The Balaban J connectivity index is 1.75. The van der Waals surface area contributed by atoms with Gasteiger partial charge in [0.15, 0.2) is 0 Å². The fourth-order valence-corrected chi connectivity index (χ4v) is 2.54. The lowest BCUT2D eigenvalue weighted by molar-refractivity contribution is -0.119. The molecule has 0 saturated heterocycles. The normalized spacial score (nSPS) is 14.3. The molecule has 2 aromatic rings. The van der Waals surface area contributed by atoms with Crippen molar-refractivity contribution in [1.29, 1.82) is 0 Å². The van der Waals surface area contributed by atoms with E-state index in [2.05, 4.69) is 15.3 Å². The molecule has 25 heavy (non-hydrogen) atoms. The van der Waals surface area contributed by atoms with Gasteiger partial charge in [0, 0.05) is 14.1 Å². The van der Waals surface area contributed by atoms with E-state index < -0.39 is 23.8 Å². The monoisotopic (exact) mass is 339 g/mol. The number of amides is 3. The van der Waals surface area contributed by atoms with Crippen LogP contribution in [0.25, 0.3) is 0 Å². The first-order valence-electron chi connectivity index (χ1n) is 7.67. The number of imide groups is 1. The number of hydrogen-bond donors (Lipinski definition) is 1. The van der Waals surface area contributed by atoms with Gasteiger partial charge in [-0.25, -0.2) is 9.97 Å².